The number of amides is 1. The number of carbonyl (C=O) groups is 1. The van der Waals surface area contributed by atoms with Gasteiger partial charge in [0.1, 0.15) is 11.6 Å². The van der Waals surface area contributed by atoms with Crippen molar-refractivity contribution in [2.75, 3.05) is 6.54 Å². The number of allylic oxidation sites excluding steroid dienone is 1. The van der Waals surface area contributed by atoms with Crippen LogP contribution < -0.4 is 10.1 Å². The first kappa shape index (κ1) is 15.5. The van der Waals surface area contributed by atoms with E-state index in [2.05, 4.69) is 11.4 Å². The second-order valence-electron chi connectivity index (χ2n) is 5.29. The quantitative estimate of drug-likeness (QED) is 0.813. The van der Waals surface area contributed by atoms with Crippen LogP contribution in [0.3, 0.4) is 0 Å². The molecular formula is C17H22FNO2. The Morgan fingerprint density at radius 2 is 2.10 bits per heavy atom. The van der Waals surface area contributed by atoms with Crippen molar-refractivity contribution in [1.29, 1.82) is 0 Å². The number of carbonyl (C=O) groups excluding carboxylic acids is 1. The Morgan fingerprint density at radius 3 is 2.71 bits per heavy atom. The number of hydrogen-bond donors (Lipinski definition) is 1. The van der Waals surface area contributed by atoms with E-state index in [0.717, 1.165) is 12.8 Å². The number of rotatable bonds is 6. The number of ether oxygens (including phenoxy) is 1. The van der Waals surface area contributed by atoms with Gasteiger partial charge in [-0.25, -0.2) is 4.39 Å². The van der Waals surface area contributed by atoms with Crippen LogP contribution in [-0.4, -0.2) is 18.6 Å². The number of benzene rings is 1. The summed E-state index contributed by atoms with van der Waals surface area (Å²) in [6.07, 6.45) is 6.85. The minimum absolute atomic E-state index is 0.117. The minimum atomic E-state index is -0.542. The molecule has 3 nitrogen and oxygen atoms in total. The molecule has 1 aromatic carbocycles. The highest BCUT2D eigenvalue weighted by atomic mass is 19.1. The van der Waals surface area contributed by atoms with Crippen molar-refractivity contribution < 1.29 is 13.9 Å². The fraction of sp³-hybridized carbons (Fsp3) is 0.471. The van der Waals surface area contributed by atoms with E-state index >= 15 is 0 Å². The van der Waals surface area contributed by atoms with Crippen LogP contribution in [0.5, 0.6) is 5.75 Å². The van der Waals surface area contributed by atoms with Crippen LogP contribution in [0.15, 0.2) is 35.9 Å². The van der Waals surface area contributed by atoms with Crippen LogP contribution in [0.4, 0.5) is 4.39 Å². The van der Waals surface area contributed by atoms with Crippen molar-refractivity contribution in [3.63, 3.8) is 0 Å². The molecule has 2 rings (SSSR count). The smallest absolute Gasteiger partial charge is 0.261 e. The van der Waals surface area contributed by atoms with Crippen molar-refractivity contribution >= 4 is 5.91 Å². The Hall–Kier alpha value is -1.84. The molecule has 1 aromatic rings. The summed E-state index contributed by atoms with van der Waals surface area (Å²) in [4.78, 5) is 12.2. The van der Waals surface area contributed by atoms with Gasteiger partial charge in [-0.3, -0.25) is 4.79 Å². The highest BCUT2D eigenvalue weighted by molar-refractivity contribution is 5.81. The third kappa shape index (κ3) is 4.88. The predicted molar refractivity (Wildman–Crippen MR) is 80.7 cm³/mol. The topological polar surface area (TPSA) is 38.3 Å². The second-order valence-corrected chi connectivity index (χ2v) is 5.29. The van der Waals surface area contributed by atoms with Crippen molar-refractivity contribution in [2.24, 2.45) is 0 Å². The SMILES string of the molecule is CCC(Oc1ccc(F)cc1)C(=O)NCC1=CCCCC1. The molecule has 4 heteroatoms. The second kappa shape index (κ2) is 7.81. The van der Waals surface area contributed by atoms with Gasteiger partial charge in [-0.05, 0) is 56.4 Å². The van der Waals surface area contributed by atoms with Gasteiger partial charge in [-0.15, -0.1) is 0 Å². The zero-order chi connectivity index (χ0) is 15.1. The molecule has 0 fully saturated rings. The standard InChI is InChI=1S/C17H22FNO2/c1-2-16(21-15-10-8-14(18)9-11-15)17(20)19-12-13-6-4-3-5-7-13/h6,8-11,16H,2-5,7,12H2,1H3,(H,19,20). The van der Waals surface area contributed by atoms with Crippen LogP contribution in [-0.2, 0) is 4.79 Å². The molecule has 0 saturated carbocycles. The lowest BCUT2D eigenvalue weighted by Crippen LogP contribution is -2.39. The Kier molecular flexibility index (Phi) is 5.78. The minimum Gasteiger partial charge on any atom is -0.481 e. The van der Waals surface area contributed by atoms with Crippen molar-refractivity contribution in [3.8, 4) is 5.75 Å². The highest BCUT2D eigenvalue weighted by Gasteiger charge is 2.18. The molecule has 0 aromatic heterocycles. The summed E-state index contributed by atoms with van der Waals surface area (Å²) >= 11 is 0. The van der Waals surface area contributed by atoms with Crippen LogP contribution in [0, 0.1) is 5.82 Å². The monoisotopic (exact) mass is 291 g/mol. The van der Waals surface area contributed by atoms with Crippen LogP contribution in [0.25, 0.3) is 0 Å². The summed E-state index contributed by atoms with van der Waals surface area (Å²) in [5.41, 5.74) is 1.30. The molecule has 1 aliphatic carbocycles. The molecule has 1 atom stereocenters. The molecule has 1 aliphatic rings. The van der Waals surface area contributed by atoms with E-state index in [9.17, 15) is 9.18 Å². The van der Waals surface area contributed by atoms with E-state index in [1.807, 2.05) is 6.92 Å². The van der Waals surface area contributed by atoms with Crippen molar-refractivity contribution in [1.82, 2.24) is 5.32 Å². The molecule has 114 valence electrons. The average Bonchev–Trinajstić information content (AvgIpc) is 2.53. The van der Waals surface area contributed by atoms with Gasteiger partial charge in [0.05, 0.1) is 0 Å². The van der Waals surface area contributed by atoms with Crippen LogP contribution >= 0.6 is 0 Å². The zero-order valence-corrected chi connectivity index (χ0v) is 12.4. The Balaban J connectivity index is 1.86. The molecule has 1 amide bonds. The maximum absolute atomic E-state index is 12.9. The maximum atomic E-state index is 12.9. The molecule has 21 heavy (non-hydrogen) atoms. The molecule has 0 spiro atoms. The Morgan fingerprint density at radius 1 is 1.33 bits per heavy atom. The first-order chi connectivity index (χ1) is 10.2. The van der Waals surface area contributed by atoms with Crippen LogP contribution in [0.1, 0.15) is 39.0 Å². The molecule has 0 aliphatic heterocycles. The lowest BCUT2D eigenvalue weighted by molar-refractivity contribution is -0.127. The largest absolute Gasteiger partial charge is 0.481 e. The third-order valence-electron chi connectivity index (χ3n) is 3.63. The number of hydrogen-bond acceptors (Lipinski definition) is 2. The van der Waals surface area contributed by atoms with Gasteiger partial charge in [0.2, 0.25) is 0 Å². The fourth-order valence-electron chi connectivity index (χ4n) is 2.38. The summed E-state index contributed by atoms with van der Waals surface area (Å²) in [5.74, 6) is 0.0765. The summed E-state index contributed by atoms with van der Waals surface area (Å²) in [6.45, 7) is 2.50. The molecule has 0 bridgehead atoms. The number of halogens is 1. The first-order valence-corrected chi connectivity index (χ1v) is 7.57. The van der Waals surface area contributed by atoms with Crippen LogP contribution in [0.2, 0.25) is 0 Å². The third-order valence-corrected chi connectivity index (χ3v) is 3.63. The van der Waals surface area contributed by atoms with E-state index in [0.29, 0.717) is 18.7 Å². The lowest BCUT2D eigenvalue weighted by Gasteiger charge is -2.19. The first-order valence-electron chi connectivity index (χ1n) is 7.57. The summed E-state index contributed by atoms with van der Waals surface area (Å²) in [6, 6.07) is 5.73. The maximum Gasteiger partial charge on any atom is 0.261 e. The summed E-state index contributed by atoms with van der Waals surface area (Å²) < 4.78 is 18.5. The van der Waals surface area contributed by atoms with Gasteiger partial charge < -0.3 is 10.1 Å². The molecular weight excluding hydrogens is 269 g/mol. The van der Waals surface area contributed by atoms with E-state index in [-0.39, 0.29) is 11.7 Å². The van der Waals surface area contributed by atoms with Gasteiger partial charge >= 0.3 is 0 Å². The summed E-state index contributed by atoms with van der Waals surface area (Å²) in [7, 11) is 0. The highest BCUT2D eigenvalue weighted by Crippen LogP contribution is 2.17. The average molecular weight is 291 g/mol. The van der Waals surface area contributed by atoms with Crippen molar-refractivity contribution in [3.05, 3.63) is 41.7 Å². The Labute approximate surface area is 125 Å². The van der Waals surface area contributed by atoms with Gasteiger partial charge in [0.25, 0.3) is 5.91 Å². The molecule has 0 radical (unpaired) electrons. The Bertz CT molecular complexity index is 496. The molecule has 0 heterocycles. The van der Waals surface area contributed by atoms with E-state index in [1.165, 1.54) is 42.7 Å². The fourth-order valence-corrected chi connectivity index (χ4v) is 2.38. The summed E-state index contributed by atoms with van der Waals surface area (Å²) in [5, 5.41) is 2.93. The van der Waals surface area contributed by atoms with Gasteiger partial charge in [0.15, 0.2) is 6.10 Å². The van der Waals surface area contributed by atoms with E-state index < -0.39 is 6.10 Å². The van der Waals surface area contributed by atoms with Gasteiger partial charge in [0, 0.05) is 6.54 Å². The van der Waals surface area contributed by atoms with E-state index in [1.54, 1.807) is 0 Å². The molecule has 1 N–H and O–H groups in total. The van der Waals surface area contributed by atoms with Gasteiger partial charge in [-0.1, -0.05) is 18.6 Å². The van der Waals surface area contributed by atoms with Gasteiger partial charge in [-0.2, -0.15) is 0 Å². The van der Waals surface area contributed by atoms with E-state index in [4.69, 9.17) is 4.74 Å². The normalized spacial score (nSPS) is 16.0. The predicted octanol–water partition coefficient (Wildman–Crippen LogP) is 3.60. The molecule has 1 unspecified atom stereocenters. The number of nitrogens with one attached hydrogen (secondary N) is 1. The van der Waals surface area contributed by atoms with Crippen molar-refractivity contribution in [2.45, 2.75) is 45.1 Å². The molecule has 0 saturated heterocycles. The zero-order valence-electron chi connectivity index (χ0n) is 12.4. The lowest BCUT2D eigenvalue weighted by atomic mass is 10.00.